The van der Waals surface area contributed by atoms with Gasteiger partial charge in [-0.15, -0.1) is 0 Å². The summed E-state index contributed by atoms with van der Waals surface area (Å²) in [6.07, 6.45) is -3.38. The number of rotatable bonds is 3. The third kappa shape index (κ3) is 3.57. The van der Waals surface area contributed by atoms with Gasteiger partial charge < -0.3 is 15.2 Å². The predicted molar refractivity (Wildman–Crippen MR) is 74.4 cm³/mol. The number of pyridine rings is 1. The lowest BCUT2D eigenvalue weighted by atomic mass is 10.2. The first-order chi connectivity index (χ1) is 9.81. The van der Waals surface area contributed by atoms with Crippen LogP contribution < -0.4 is 15.2 Å². The van der Waals surface area contributed by atoms with Crippen LogP contribution in [-0.4, -0.2) is 12.1 Å². The number of halogens is 4. The van der Waals surface area contributed by atoms with Gasteiger partial charge in [-0.25, -0.2) is 4.98 Å². The number of nitrogens with zero attached hydrogens (tertiary/aromatic N) is 1. The first-order valence-electron chi connectivity index (χ1n) is 5.65. The smallest absolute Gasteiger partial charge is 0.421 e. The molecule has 1 aromatic heterocycles. The zero-order valence-electron chi connectivity index (χ0n) is 10.7. The number of nitrogen functional groups attached to an aromatic ring is 1. The summed E-state index contributed by atoms with van der Waals surface area (Å²) < 4.78 is 49.2. The van der Waals surface area contributed by atoms with E-state index in [1.807, 2.05) is 0 Å². The van der Waals surface area contributed by atoms with E-state index in [9.17, 15) is 13.2 Å². The maximum Gasteiger partial charge on any atom is 0.421 e. The van der Waals surface area contributed by atoms with Gasteiger partial charge in [0, 0.05) is 16.7 Å². The van der Waals surface area contributed by atoms with Gasteiger partial charge in [-0.3, -0.25) is 0 Å². The number of ether oxygens (including phenoxy) is 2. The predicted octanol–water partition coefficient (Wildman–Crippen LogP) is 4.25. The number of hydrogen-bond donors (Lipinski definition) is 1. The van der Waals surface area contributed by atoms with Crippen LogP contribution in [0, 0.1) is 0 Å². The van der Waals surface area contributed by atoms with Crippen molar-refractivity contribution in [1.29, 1.82) is 0 Å². The molecule has 0 radical (unpaired) electrons. The second kappa shape index (κ2) is 5.80. The maximum absolute atomic E-state index is 13.0. The molecule has 0 unspecified atom stereocenters. The fourth-order valence-electron chi connectivity index (χ4n) is 1.56. The third-order valence-electron chi connectivity index (χ3n) is 2.55. The standard InChI is InChI=1S/C13H10BrF3N2O2/c1-20-8-2-3-11(10(18)5-8)21-12-9(13(15,16)17)4-7(14)6-19-12/h2-6H,18H2,1H3. The fourth-order valence-corrected chi connectivity index (χ4v) is 1.89. The molecule has 21 heavy (non-hydrogen) atoms. The van der Waals surface area contributed by atoms with Gasteiger partial charge in [-0.1, -0.05) is 0 Å². The van der Waals surface area contributed by atoms with Crippen LogP contribution in [-0.2, 0) is 6.18 Å². The normalized spacial score (nSPS) is 11.3. The van der Waals surface area contributed by atoms with E-state index in [4.69, 9.17) is 15.2 Å². The molecule has 0 spiro atoms. The molecular formula is C13H10BrF3N2O2. The van der Waals surface area contributed by atoms with Crippen molar-refractivity contribution in [2.24, 2.45) is 0 Å². The molecule has 2 aromatic rings. The van der Waals surface area contributed by atoms with Crippen LogP contribution in [0.4, 0.5) is 18.9 Å². The average molecular weight is 363 g/mol. The molecule has 0 saturated carbocycles. The van der Waals surface area contributed by atoms with Gasteiger partial charge >= 0.3 is 6.18 Å². The number of alkyl halides is 3. The highest BCUT2D eigenvalue weighted by atomic mass is 79.9. The molecule has 0 aliphatic carbocycles. The van der Waals surface area contributed by atoms with Gasteiger partial charge in [-0.2, -0.15) is 13.2 Å². The molecule has 0 aliphatic rings. The minimum atomic E-state index is -4.59. The summed E-state index contributed by atoms with van der Waals surface area (Å²) in [5.41, 5.74) is 4.86. The van der Waals surface area contributed by atoms with E-state index >= 15 is 0 Å². The quantitative estimate of drug-likeness (QED) is 0.829. The van der Waals surface area contributed by atoms with Crippen LogP contribution >= 0.6 is 15.9 Å². The minimum absolute atomic E-state index is 0.0659. The summed E-state index contributed by atoms with van der Waals surface area (Å²) >= 11 is 2.95. The van der Waals surface area contributed by atoms with Crippen molar-refractivity contribution < 1.29 is 22.6 Å². The highest BCUT2D eigenvalue weighted by molar-refractivity contribution is 9.10. The molecule has 4 nitrogen and oxygen atoms in total. The summed E-state index contributed by atoms with van der Waals surface area (Å²) in [7, 11) is 1.45. The van der Waals surface area contributed by atoms with Crippen LogP contribution in [0.1, 0.15) is 5.56 Å². The Hall–Kier alpha value is -1.96. The lowest BCUT2D eigenvalue weighted by Crippen LogP contribution is -2.09. The maximum atomic E-state index is 13.0. The van der Waals surface area contributed by atoms with E-state index in [2.05, 4.69) is 20.9 Å². The third-order valence-corrected chi connectivity index (χ3v) is 2.98. The molecule has 1 heterocycles. The molecule has 112 valence electrons. The van der Waals surface area contributed by atoms with Crippen molar-refractivity contribution in [2.75, 3.05) is 12.8 Å². The molecule has 2 N–H and O–H groups in total. The van der Waals surface area contributed by atoms with Crippen molar-refractivity contribution in [3.8, 4) is 17.4 Å². The molecule has 0 amide bonds. The molecule has 1 aromatic carbocycles. The Balaban J connectivity index is 2.40. The second-order valence-electron chi connectivity index (χ2n) is 4.01. The van der Waals surface area contributed by atoms with E-state index in [1.54, 1.807) is 0 Å². The number of nitrogens with two attached hydrogens (primary N) is 1. The monoisotopic (exact) mass is 362 g/mol. The van der Waals surface area contributed by atoms with Crippen LogP contribution in [0.15, 0.2) is 34.9 Å². The van der Waals surface area contributed by atoms with Crippen LogP contribution in [0.25, 0.3) is 0 Å². The number of aromatic nitrogens is 1. The van der Waals surface area contributed by atoms with Crippen molar-refractivity contribution in [3.63, 3.8) is 0 Å². The lowest BCUT2D eigenvalue weighted by molar-refractivity contribution is -0.138. The van der Waals surface area contributed by atoms with Gasteiger partial charge in [-0.05, 0) is 34.1 Å². The topological polar surface area (TPSA) is 57.4 Å². The van der Waals surface area contributed by atoms with E-state index in [-0.39, 0.29) is 15.9 Å². The van der Waals surface area contributed by atoms with E-state index in [0.717, 1.165) is 6.07 Å². The Kier molecular flexibility index (Phi) is 4.26. The number of anilines is 1. The van der Waals surface area contributed by atoms with E-state index in [1.165, 1.54) is 31.5 Å². The Morgan fingerprint density at radius 2 is 1.95 bits per heavy atom. The Morgan fingerprint density at radius 1 is 1.24 bits per heavy atom. The van der Waals surface area contributed by atoms with Crippen molar-refractivity contribution >= 4 is 21.6 Å². The van der Waals surface area contributed by atoms with Crippen molar-refractivity contribution in [2.45, 2.75) is 6.18 Å². The van der Waals surface area contributed by atoms with E-state index in [0.29, 0.717) is 5.75 Å². The molecular weight excluding hydrogens is 353 g/mol. The number of hydrogen-bond acceptors (Lipinski definition) is 4. The summed E-state index contributed by atoms with van der Waals surface area (Å²) in [5, 5.41) is 0. The molecule has 0 bridgehead atoms. The summed E-state index contributed by atoms with van der Waals surface area (Å²) in [4.78, 5) is 3.65. The van der Waals surface area contributed by atoms with Gasteiger partial charge in [0.2, 0.25) is 5.88 Å². The van der Waals surface area contributed by atoms with E-state index < -0.39 is 17.6 Å². The molecule has 0 atom stereocenters. The Morgan fingerprint density at radius 3 is 2.52 bits per heavy atom. The number of methoxy groups -OCH3 is 1. The van der Waals surface area contributed by atoms with Crippen LogP contribution in [0.3, 0.4) is 0 Å². The highest BCUT2D eigenvalue weighted by Gasteiger charge is 2.36. The summed E-state index contributed by atoms with van der Waals surface area (Å²) in [5.74, 6) is -0.0293. The fraction of sp³-hybridized carbons (Fsp3) is 0.154. The highest BCUT2D eigenvalue weighted by Crippen LogP contribution is 2.39. The first kappa shape index (κ1) is 15.4. The average Bonchev–Trinajstić information content (AvgIpc) is 2.41. The van der Waals surface area contributed by atoms with Crippen molar-refractivity contribution in [3.05, 3.63) is 40.5 Å². The zero-order valence-corrected chi connectivity index (χ0v) is 12.3. The lowest BCUT2D eigenvalue weighted by Gasteiger charge is -2.14. The van der Waals surface area contributed by atoms with Gasteiger partial charge in [0.15, 0.2) is 5.75 Å². The molecule has 0 fully saturated rings. The Bertz CT molecular complexity index is 662. The molecule has 8 heteroatoms. The summed E-state index contributed by atoms with van der Waals surface area (Å²) in [6.45, 7) is 0. The minimum Gasteiger partial charge on any atom is -0.497 e. The second-order valence-corrected chi connectivity index (χ2v) is 4.93. The van der Waals surface area contributed by atoms with Crippen LogP contribution in [0.5, 0.6) is 17.4 Å². The largest absolute Gasteiger partial charge is 0.497 e. The molecule has 0 aliphatic heterocycles. The number of benzene rings is 1. The first-order valence-corrected chi connectivity index (χ1v) is 6.44. The molecule has 2 rings (SSSR count). The van der Waals surface area contributed by atoms with Gasteiger partial charge in [0.25, 0.3) is 0 Å². The van der Waals surface area contributed by atoms with Gasteiger partial charge in [0.1, 0.15) is 11.3 Å². The zero-order chi connectivity index (χ0) is 15.6. The van der Waals surface area contributed by atoms with Crippen LogP contribution in [0.2, 0.25) is 0 Å². The summed E-state index contributed by atoms with van der Waals surface area (Å²) in [6, 6.07) is 5.28. The van der Waals surface area contributed by atoms with Crippen molar-refractivity contribution in [1.82, 2.24) is 4.98 Å². The van der Waals surface area contributed by atoms with Gasteiger partial charge in [0.05, 0.1) is 12.8 Å². The Labute approximate surface area is 126 Å². The SMILES string of the molecule is COc1ccc(Oc2ncc(Br)cc2C(F)(F)F)c(N)c1. The molecule has 0 saturated heterocycles.